The molecule has 5 rings (SSSR count). The van der Waals surface area contributed by atoms with E-state index in [2.05, 4.69) is 12.2 Å². The van der Waals surface area contributed by atoms with Gasteiger partial charge in [0.2, 0.25) is 0 Å². The largest absolute Gasteiger partial charge is 0.496 e. The lowest BCUT2D eigenvalue weighted by molar-refractivity contribution is 0.378. The first-order valence-corrected chi connectivity index (χ1v) is 7.93. The summed E-state index contributed by atoms with van der Waals surface area (Å²) in [6.45, 7) is 0. The molecular weight excluding hydrogens is 304 g/mol. The van der Waals surface area contributed by atoms with Gasteiger partial charge >= 0.3 is 0 Å². The molecule has 0 fully saturated rings. The molecule has 0 aromatic heterocycles. The van der Waals surface area contributed by atoms with E-state index in [0.717, 1.165) is 45.3 Å². The third-order valence-corrected chi connectivity index (χ3v) is 5.03. The van der Waals surface area contributed by atoms with E-state index in [0.29, 0.717) is 0 Å². The first kappa shape index (κ1) is 14.9. The van der Waals surface area contributed by atoms with Crippen LogP contribution in [0.25, 0.3) is 0 Å². The van der Waals surface area contributed by atoms with Gasteiger partial charge in [0.15, 0.2) is 0 Å². The van der Waals surface area contributed by atoms with Crippen LogP contribution in [-0.2, 0) is 0 Å². The Morgan fingerprint density at radius 1 is 0.500 bits per heavy atom. The Morgan fingerprint density at radius 2 is 0.750 bits per heavy atom. The fourth-order valence-corrected chi connectivity index (χ4v) is 4.08. The van der Waals surface area contributed by atoms with Crippen LogP contribution in [0.5, 0.6) is 23.0 Å². The summed E-state index contributed by atoms with van der Waals surface area (Å²) in [6, 6.07) is 7.88. The molecule has 0 saturated heterocycles. The van der Waals surface area contributed by atoms with Crippen molar-refractivity contribution in [2.45, 2.75) is 11.8 Å². The Balaban J connectivity index is 2.06. The van der Waals surface area contributed by atoms with E-state index in [1.165, 1.54) is 0 Å². The second-order valence-corrected chi connectivity index (χ2v) is 5.94. The molecular formula is C20H20O4. The quantitative estimate of drug-likeness (QED) is 0.800. The lowest BCUT2D eigenvalue weighted by Gasteiger charge is -2.39. The number of methoxy groups -OCH3 is 4. The summed E-state index contributed by atoms with van der Waals surface area (Å²) in [5.41, 5.74) is 4.62. The zero-order valence-electron chi connectivity index (χ0n) is 14.3. The fourth-order valence-electron chi connectivity index (χ4n) is 4.08. The molecule has 24 heavy (non-hydrogen) atoms. The first-order valence-electron chi connectivity index (χ1n) is 7.93. The van der Waals surface area contributed by atoms with Gasteiger partial charge in [-0.2, -0.15) is 0 Å². The third-order valence-electron chi connectivity index (χ3n) is 5.03. The Labute approximate surface area is 141 Å². The molecule has 0 unspecified atom stereocenters. The van der Waals surface area contributed by atoms with Crippen molar-refractivity contribution in [1.29, 1.82) is 0 Å². The zero-order valence-corrected chi connectivity index (χ0v) is 14.3. The van der Waals surface area contributed by atoms with Gasteiger partial charge < -0.3 is 18.9 Å². The van der Waals surface area contributed by atoms with Gasteiger partial charge in [0.25, 0.3) is 0 Å². The van der Waals surface area contributed by atoms with Gasteiger partial charge in [-0.15, -0.1) is 0 Å². The Bertz CT molecular complexity index is 707. The van der Waals surface area contributed by atoms with Crippen molar-refractivity contribution >= 4 is 0 Å². The summed E-state index contributed by atoms with van der Waals surface area (Å²) in [5, 5.41) is 0. The molecule has 2 bridgehead atoms. The number of benzene rings is 2. The van der Waals surface area contributed by atoms with Crippen LogP contribution >= 0.6 is 0 Å². The zero-order chi connectivity index (χ0) is 16.8. The molecule has 0 N–H and O–H groups in total. The van der Waals surface area contributed by atoms with E-state index in [1.807, 2.05) is 24.3 Å². The number of hydrogen-bond donors (Lipinski definition) is 0. The summed E-state index contributed by atoms with van der Waals surface area (Å²) in [6.07, 6.45) is 4.44. The number of allylic oxidation sites excluding steroid dienone is 2. The normalized spacial score (nSPS) is 19.5. The van der Waals surface area contributed by atoms with Crippen molar-refractivity contribution in [1.82, 2.24) is 0 Å². The molecule has 0 atom stereocenters. The summed E-state index contributed by atoms with van der Waals surface area (Å²) in [5.74, 6) is 3.63. The molecule has 4 heteroatoms. The molecule has 0 spiro atoms. The summed E-state index contributed by atoms with van der Waals surface area (Å²) >= 11 is 0. The van der Waals surface area contributed by atoms with Crippen LogP contribution in [0, 0.1) is 0 Å². The maximum Gasteiger partial charge on any atom is 0.123 e. The molecule has 2 aromatic carbocycles. The van der Waals surface area contributed by atoms with Gasteiger partial charge in [0, 0.05) is 34.1 Å². The van der Waals surface area contributed by atoms with Crippen molar-refractivity contribution in [3.05, 3.63) is 58.7 Å². The minimum atomic E-state index is 0.0649. The topological polar surface area (TPSA) is 36.9 Å². The van der Waals surface area contributed by atoms with Crippen molar-refractivity contribution < 1.29 is 18.9 Å². The lowest BCUT2D eigenvalue weighted by atomic mass is 9.66. The first-order chi connectivity index (χ1) is 11.7. The molecule has 0 radical (unpaired) electrons. The molecule has 0 saturated carbocycles. The van der Waals surface area contributed by atoms with E-state index in [9.17, 15) is 0 Å². The Morgan fingerprint density at radius 3 is 0.958 bits per heavy atom. The third kappa shape index (κ3) is 1.80. The molecule has 4 nitrogen and oxygen atoms in total. The van der Waals surface area contributed by atoms with Gasteiger partial charge in [0.1, 0.15) is 23.0 Å². The second kappa shape index (κ2) is 5.48. The van der Waals surface area contributed by atoms with Crippen LogP contribution < -0.4 is 18.9 Å². The summed E-state index contributed by atoms with van der Waals surface area (Å²) in [7, 11) is 6.82. The van der Waals surface area contributed by atoms with E-state index < -0.39 is 0 Å². The minimum absolute atomic E-state index is 0.0649. The highest BCUT2D eigenvalue weighted by molar-refractivity contribution is 5.72. The van der Waals surface area contributed by atoms with Crippen LogP contribution in [-0.4, -0.2) is 28.4 Å². The molecule has 0 aliphatic heterocycles. The standard InChI is InChI=1S/C20H20O4/c1-21-13-7-8-14(22-2)18-12-6-5-11(17(13)18)19-15(23-3)9-10-16(24-4)20(12)19/h5-12H,1-4H3. The number of ether oxygens (including phenoxy) is 4. The molecule has 2 aromatic rings. The maximum absolute atomic E-state index is 5.65. The van der Waals surface area contributed by atoms with Crippen molar-refractivity contribution in [2.75, 3.05) is 28.4 Å². The molecule has 3 aliphatic carbocycles. The summed E-state index contributed by atoms with van der Waals surface area (Å²) in [4.78, 5) is 0. The average Bonchev–Trinajstić information content (AvgIpc) is 2.66. The van der Waals surface area contributed by atoms with Crippen LogP contribution in [0.1, 0.15) is 34.1 Å². The highest BCUT2D eigenvalue weighted by atomic mass is 16.5. The molecule has 0 heterocycles. The highest BCUT2D eigenvalue weighted by Gasteiger charge is 2.41. The Hall–Kier alpha value is -2.62. The van der Waals surface area contributed by atoms with Crippen molar-refractivity contribution in [3.8, 4) is 23.0 Å². The van der Waals surface area contributed by atoms with E-state index in [-0.39, 0.29) is 11.8 Å². The van der Waals surface area contributed by atoms with Gasteiger partial charge in [-0.05, 0) is 24.3 Å². The smallest absolute Gasteiger partial charge is 0.123 e. The van der Waals surface area contributed by atoms with Gasteiger partial charge in [-0.1, -0.05) is 12.2 Å². The van der Waals surface area contributed by atoms with Gasteiger partial charge in [-0.25, -0.2) is 0 Å². The van der Waals surface area contributed by atoms with Crippen molar-refractivity contribution in [3.63, 3.8) is 0 Å². The van der Waals surface area contributed by atoms with Crippen LogP contribution in [0.15, 0.2) is 36.4 Å². The van der Waals surface area contributed by atoms with Crippen LogP contribution in [0.3, 0.4) is 0 Å². The van der Waals surface area contributed by atoms with E-state index >= 15 is 0 Å². The molecule has 0 amide bonds. The Kier molecular flexibility index (Phi) is 3.41. The fraction of sp³-hybridized carbons (Fsp3) is 0.300. The predicted molar refractivity (Wildman–Crippen MR) is 91.9 cm³/mol. The summed E-state index contributed by atoms with van der Waals surface area (Å²) < 4.78 is 22.6. The maximum atomic E-state index is 5.65. The molecule has 124 valence electrons. The number of hydrogen-bond acceptors (Lipinski definition) is 4. The predicted octanol–water partition coefficient (Wildman–Crippen LogP) is 3.87. The SMILES string of the molecule is COc1ccc(OC)c2c1C1C=CC2c2c(OC)ccc(OC)c21. The highest BCUT2D eigenvalue weighted by Crippen LogP contribution is 2.58. The minimum Gasteiger partial charge on any atom is -0.496 e. The monoisotopic (exact) mass is 324 g/mol. The van der Waals surface area contributed by atoms with E-state index in [1.54, 1.807) is 28.4 Å². The number of rotatable bonds is 4. The molecule has 3 aliphatic rings. The second-order valence-electron chi connectivity index (χ2n) is 5.94. The average molecular weight is 324 g/mol. The van der Waals surface area contributed by atoms with Crippen molar-refractivity contribution in [2.24, 2.45) is 0 Å². The van der Waals surface area contributed by atoms with Crippen LogP contribution in [0.2, 0.25) is 0 Å². The van der Waals surface area contributed by atoms with Gasteiger partial charge in [0.05, 0.1) is 28.4 Å². The lowest BCUT2D eigenvalue weighted by Crippen LogP contribution is -2.23. The van der Waals surface area contributed by atoms with Crippen LogP contribution in [0.4, 0.5) is 0 Å². The van der Waals surface area contributed by atoms with E-state index in [4.69, 9.17) is 18.9 Å². The van der Waals surface area contributed by atoms with Gasteiger partial charge in [-0.3, -0.25) is 0 Å².